The Hall–Kier alpha value is -1.55. The molecule has 1 saturated carbocycles. The van der Waals surface area contributed by atoms with Crippen molar-refractivity contribution in [3.05, 3.63) is 29.3 Å². The summed E-state index contributed by atoms with van der Waals surface area (Å²) in [7, 11) is 1.76. The predicted octanol–water partition coefficient (Wildman–Crippen LogP) is 3.53. The normalized spacial score (nSPS) is 23.6. The zero-order chi connectivity index (χ0) is 14.5. The summed E-state index contributed by atoms with van der Waals surface area (Å²) in [4.78, 5) is 0. The summed E-state index contributed by atoms with van der Waals surface area (Å²) in [6, 6.07) is 5.96. The molecule has 20 heavy (non-hydrogen) atoms. The molecule has 0 bridgehead atoms. The lowest BCUT2D eigenvalue weighted by Gasteiger charge is -2.29. The first-order valence-corrected chi connectivity index (χ1v) is 7.13. The van der Waals surface area contributed by atoms with Gasteiger partial charge in [0.05, 0.1) is 11.8 Å². The molecule has 0 saturated heterocycles. The monoisotopic (exact) mass is 277 g/mol. The Kier molecular flexibility index (Phi) is 5.01. The summed E-state index contributed by atoms with van der Waals surface area (Å²) in [6.45, 7) is 3.79. The van der Waals surface area contributed by atoms with Crippen LogP contribution in [0.5, 0.6) is 5.75 Å². The molecule has 1 aromatic carbocycles. The molecule has 1 fully saturated rings. The highest BCUT2D eigenvalue weighted by molar-refractivity contribution is 6.00. The van der Waals surface area contributed by atoms with Crippen LogP contribution < -0.4 is 4.74 Å². The summed E-state index contributed by atoms with van der Waals surface area (Å²) < 4.78 is 11.6. The highest BCUT2D eigenvalue weighted by Gasteiger charge is 2.24. The van der Waals surface area contributed by atoms with E-state index in [-0.39, 0.29) is 12.2 Å². The Morgan fingerprint density at radius 3 is 2.75 bits per heavy atom. The molecule has 0 aliphatic heterocycles. The van der Waals surface area contributed by atoms with Gasteiger partial charge in [-0.15, -0.1) is 0 Å². The number of rotatable bonds is 4. The molecule has 1 aromatic rings. The highest BCUT2D eigenvalue weighted by Crippen LogP contribution is 2.28. The van der Waals surface area contributed by atoms with E-state index in [4.69, 9.17) is 14.7 Å². The molecule has 1 N–H and O–H groups in total. The molecule has 0 heterocycles. The van der Waals surface area contributed by atoms with Gasteiger partial charge < -0.3 is 14.7 Å². The van der Waals surface area contributed by atoms with Crippen molar-refractivity contribution in [2.75, 3.05) is 7.11 Å². The molecular weight excluding hydrogens is 254 g/mol. The van der Waals surface area contributed by atoms with Gasteiger partial charge in [-0.25, -0.2) is 0 Å². The van der Waals surface area contributed by atoms with Gasteiger partial charge in [-0.05, 0) is 45.2 Å². The number of ether oxygens (including phenoxy) is 2. The molecule has 2 unspecified atom stereocenters. The minimum atomic E-state index is 0.168. The number of methoxy groups -OCH3 is 1. The summed E-state index contributed by atoms with van der Waals surface area (Å²) in [5, 5.41) is 12.3. The van der Waals surface area contributed by atoms with E-state index in [0.717, 1.165) is 42.6 Å². The maximum atomic E-state index is 9.00. The van der Waals surface area contributed by atoms with Crippen molar-refractivity contribution >= 4 is 5.71 Å². The fourth-order valence-corrected chi connectivity index (χ4v) is 2.69. The maximum Gasteiger partial charge on any atom is 0.128 e. The van der Waals surface area contributed by atoms with Crippen molar-refractivity contribution in [1.82, 2.24) is 0 Å². The van der Waals surface area contributed by atoms with Crippen molar-refractivity contribution in [3.8, 4) is 5.75 Å². The summed E-state index contributed by atoms with van der Waals surface area (Å²) in [6.07, 6.45) is 4.64. The molecule has 0 spiro atoms. The molecule has 4 heteroatoms. The van der Waals surface area contributed by atoms with Crippen molar-refractivity contribution in [2.45, 2.75) is 51.7 Å². The van der Waals surface area contributed by atoms with Gasteiger partial charge in [-0.3, -0.25) is 0 Å². The Labute approximate surface area is 120 Å². The van der Waals surface area contributed by atoms with Gasteiger partial charge >= 0.3 is 0 Å². The lowest BCUT2D eigenvalue weighted by atomic mass is 9.94. The number of hydrogen-bond acceptors (Lipinski definition) is 4. The zero-order valence-electron chi connectivity index (χ0n) is 12.4. The average molecular weight is 277 g/mol. The smallest absolute Gasteiger partial charge is 0.128 e. The van der Waals surface area contributed by atoms with Crippen LogP contribution in [0, 0.1) is 6.92 Å². The van der Waals surface area contributed by atoms with Crippen LogP contribution in [0.4, 0.5) is 0 Å². The first-order valence-electron chi connectivity index (χ1n) is 7.13. The van der Waals surface area contributed by atoms with Gasteiger partial charge in [-0.1, -0.05) is 16.8 Å². The van der Waals surface area contributed by atoms with Crippen molar-refractivity contribution in [3.63, 3.8) is 0 Å². The van der Waals surface area contributed by atoms with Crippen LogP contribution in [-0.4, -0.2) is 30.2 Å². The third-order valence-electron chi connectivity index (χ3n) is 3.88. The molecule has 0 amide bonds. The standard InChI is InChI=1S/C16H23NO3/c1-11-7-8-16(15(9-11)12(2)17-18)20-14-6-4-5-13(10-14)19-3/h7-9,13-14,18H,4-6,10H2,1-3H3. The van der Waals surface area contributed by atoms with E-state index in [1.165, 1.54) is 0 Å². The molecule has 2 rings (SSSR count). The van der Waals surface area contributed by atoms with Gasteiger partial charge in [0.15, 0.2) is 0 Å². The second kappa shape index (κ2) is 6.75. The lowest BCUT2D eigenvalue weighted by molar-refractivity contribution is 0.0209. The fraction of sp³-hybridized carbons (Fsp3) is 0.562. The Morgan fingerprint density at radius 1 is 1.30 bits per heavy atom. The van der Waals surface area contributed by atoms with E-state index in [1.807, 2.05) is 25.1 Å². The van der Waals surface area contributed by atoms with E-state index < -0.39 is 0 Å². The zero-order valence-corrected chi connectivity index (χ0v) is 12.4. The number of hydrogen-bond donors (Lipinski definition) is 1. The van der Waals surface area contributed by atoms with Gasteiger partial charge in [0.2, 0.25) is 0 Å². The predicted molar refractivity (Wildman–Crippen MR) is 78.9 cm³/mol. The molecule has 0 radical (unpaired) electrons. The maximum absolute atomic E-state index is 9.00. The van der Waals surface area contributed by atoms with Crippen molar-refractivity contribution < 1.29 is 14.7 Å². The van der Waals surface area contributed by atoms with Crippen LogP contribution in [0.2, 0.25) is 0 Å². The minimum Gasteiger partial charge on any atom is -0.490 e. The molecule has 1 aliphatic rings. The number of nitrogens with zero attached hydrogens (tertiary/aromatic N) is 1. The fourth-order valence-electron chi connectivity index (χ4n) is 2.69. The van der Waals surface area contributed by atoms with Crippen molar-refractivity contribution in [1.29, 1.82) is 0 Å². The van der Waals surface area contributed by atoms with Crippen LogP contribution in [0.3, 0.4) is 0 Å². The topological polar surface area (TPSA) is 51.0 Å². The summed E-state index contributed by atoms with van der Waals surface area (Å²) in [5.74, 6) is 0.785. The van der Waals surface area contributed by atoms with Crippen LogP contribution in [0.15, 0.2) is 23.4 Å². The quantitative estimate of drug-likeness (QED) is 0.520. The molecule has 2 atom stereocenters. The third-order valence-corrected chi connectivity index (χ3v) is 3.88. The Balaban J connectivity index is 2.16. The highest BCUT2D eigenvalue weighted by atomic mass is 16.5. The van der Waals surface area contributed by atoms with Crippen LogP contribution in [0.25, 0.3) is 0 Å². The largest absolute Gasteiger partial charge is 0.490 e. The first-order chi connectivity index (χ1) is 9.63. The van der Waals surface area contributed by atoms with E-state index in [1.54, 1.807) is 14.0 Å². The molecule has 0 aromatic heterocycles. The molecule has 110 valence electrons. The Morgan fingerprint density at radius 2 is 2.05 bits per heavy atom. The first kappa shape index (κ1) is 14.9. The third kappa shape index (κ3) is 3.51. The van der Waals surface area contributed by atoms with Gasteiger partial charge in [0.25, 0.3) is 0 Å². The van der Waals surface area contributed by atoms with E-state index in [0.29, 0.717) is 5.71 Å². The number of benzene rings is 1. The minimum absolute atomic E-state index is 0.168. The van der Waals surface area contributed by atoms with Gasteiger partial charge in [0.1, 0.15) is 11.9 Å². The van der Waals surface area contributed by atoms with E-state index in [9.17, 15) is 0 Å². The van der Waals surface area contributed by atoms with Crippen LogP contribution in [0.1, 0.15) is 43.7 Å². The molecule has 4 nitrogen and oxygen atoms in total. The van der Waals surface area contributed by atoms with E-state index in [2.05, 4.69) is 5.16 Å². The number of oxime groups is 1. The summed E-state index contributed by atoms with van der Waals surface area (Å²) >= 11 is 0. The number of aryl methyl sites for hydroxylation is 1. The van der Waals surface area contributed by atoms with Crippen molar-refractivity contribution in [2.24, 2.45) is 5.16 Å². The van der Waals surface area contributed by atoms with Crippen LogP contribution in [-0.2, 0) is 4.74 Å². The summed E-state index contributed by atoms with van der Waals surface area (Å²) in [5.41, 5.74) is 2.55. The Bertz CT molecular complexity index is 485. The molecular formula is C16H23NO3. The lowest BCUT2D eigenvalue weighted by Crippen LogP contribution is -2.29. The second-order valence-electron chi connectivity index (χ2n) is 5.45. The van der Waals surface area contributed by atoms with E-state index >= 15 is 0 Å². The SMILES string of the molecule is COC1CCCC(Oc2ccc(C)cc2C(C)=NO)C1. The van der Waals surface area contributed by atoms with Gasteiger partial charge in [-0.2, -0.15) is 0 Å². The average Bonchev–Trinajstić information content (AvgIpc) is 2.48. The second-order valence-corrected chi connectivity index (χ2v) is 5.45. The van der Waals surface area contributed by atoms with Gasteiger partial charge in [0, 0.05) is 19.1 Å². The van der Waals surface area contributed by atoms with Crippen LogP contribution >= 0.6 is 0 Å². The molecule has 1 aliphatic carbocycles.